The highest BCUT2D eigenvalue weighted by atomic mass is 32.2. The number of rotatable bonds is 6. The molecular formula is C15H25NO3S. The van der Waals surface area contributed by atoms with Crippen LogP contribution >= 0.6 is 0 Å². The molecule has 0 amide bonds. The van der Waals surface area contributed by atoms with Crippen LogP contribution in [0.25, 0.3) is 0 Å². The maximum absolute atomic E-state index is 11.9. The zero-order valence-electron chi connectivity index (χ0n) is 12.9. The van der Waals surface area contributed by atoms with Crippen molar-refractivity contribution in [2.75, 3.05) is 19.4 Å². The molecule has 0 aliphatic carbocycles. The first-order valence-corrected chi connectivity index (χ1v) is 8.45. The molecule has 20 heavy (non-hydrogen) atoms. The SMILES string of the molecule is CNC(C)c1ccc(OCCS(=O)(=O)C(C)(C)C)cc1. The third-order valence-electron chi connectivity index (χ3n) is 3.37. The lowest BCUT2D eigenvalue weighted by atomic mass is 10.1. The van der Waals surface area contributed by atoms with E-state index in [1.165, 1.54) is 5.56 Å². The first kappa shape index (κ1) is 17.0. The normalized spacial score (nSPS) is 14.1. The van der Waals surface area contributed by atoms with Crippen molar-refractivity contribution in [2.24, 2.45) is 0 Å². The van der Waals surface area contributed by atoms with E-state index in [4.69, 9.17) is 4.74 Å². The molecule has 1 atom stereocenters. The highest BCUT2D eigenvalue weighted by Crippen LogP contribution is 2.19. The minimum Gasteiger partial charge on any atom is -0.493 e. The van der Waals surface area contributed by atoms with Gasteiger partial charge in [0.25, 0.3) is 0 Å². The largest absolute Gasteiger partial charge is 0.493 e. The summed E-state index contributed by atoms with van der Waals surface area (Å²) >= 11 is 0. The molecule has 0 aliphatic heterocycles. The zero-order chi connectivity index (χ0) is 15.4. The van der Waals surface area contributed by atoms with Gasteiger partial charge in [0.2, 0.25) is 0 Å². The first-order chi connectivity index (χ1) is 9.17. The molecule has 1 N–H and O–H groups in total. The van der Waals surface area contributed by atoms with Crippen molar-refractivity contribution < 1.29 is 13.2 Å². The Morgan fingerprint density at radius 2 is 1.75 bits per heavy atom. The second-order valence-electron chi connectivity index (χ2n) is 5.86. The number of benzene rings is 1. The minimum atomic E-state index is -3.13. The Hall–Kier alpha value is -1.07. The van der Waals surface area contributed by atoms with E-state index < -0.39 is 14.6 Å². The average Bonchev–Trinajstić information content (AvgIpc) is 2.37. The van der Waals surface area contributed by atoms with Crippen LogP contribution in [0.15, 0.2) is 24.3 Å². The average molecular weight is 299 g/mol. The molecule has 5 heteroatoms. The van der Waals surface area contributed by atoms with E-state index in [1.807, 2.05) is 31.3 Å². The quantitative estimate of drug-likeness (QED) is 0.877. The minimum absolute atomic E-state index is 0.0329. The van der Waals surface area contributed by atoms with Gasteiger partial charge in [-0.2, -0.15) is 0 Å². The fourth-order valence-corrected chi connectivity index (χ4v) is 2.51. The van der Waals surface area contributed by atoms with Crippen molar-refractivity contribution >= 4 is 9.84 Å². The molecule has 1 aromatic rings. The van der Waals surface area contributed by atoms with E-state index in [9.17, 15) is 8.42 Å². The van der Waals surface area contributed by atoms with Crippen molar-refractivity contribution in [1.82, 2.24) is 5.32 Å². The van der Waals surface area contributed by atoms with Crippen LogP contribution < -0.4 is 10.1 Å². The maximum atomic E-state index is 11.9. The predicted molar refractivity (Wildman–Crippen MR) is 83.0 cm³/mol. The first-order valence-electron chi connectivity index (χ1n) is 6.79. The van der Waals surface area contributed by atoms with Crippen LogP contribution in [0.4, 0.5) is 0 Å². The molecule has 114 valence electrons. The maximum Gasteiger partial charge on any atom is 0.158 e. The summed E-state index contributed by atoms with van der Waals surface area (Å²) < 4.78 is 28.6. The van der Waals surface area contributed by atoms with Crippen molar-refractivity contribution in [3.63, 3.8) is 0 Å². The van der Waals surface area contributed by atoms with Crippen LogP contribution in [-0.4, -0.2) is 32.6 Å². The van der Waals surface area contributed by atoms with E-state index in [0.29, 0.717) is 5.75 Å². The Morgan fingerprint density at radius 1 is 1.20 bits per heavy atom. The van der Waals surface area contributed by atoms with Crippen molar-refractivity contribution in [3.05, 3.63) is 29.8 Å². The van der Waals surface area contributed by atoms with Gasteiger partial charge in [0.05, 0.1) is 10.5 Å². The van der Waals surface area contributed by atoms with E-state index in [-0.39, 0.29) is 18.4 Å². The van der Waals surface area contributed by atoms with Crippen LogP contribution in [0, 0.1) is 0 Å². The number of nitrogens with one attached hydrogen (secondary N) is 1. The Balaban J connectivity index is 2.55. The topological polar surface area (TPSA) is 55.4 Å². The van der Waals surface area contributed by atoms with E-state index in [1.54, 1.807) is 20.8 Å². The van der Waals surface area contributed by atoms with Gasteiger partial charge in [-0.1, -0.05) is 12.1 Å². The number of hydrogen-bond donors (Lipinski definition) is 1. The highest BCUT2D eigenvalue weighted by Gasteiger charge is 2.28. The molecule has 4 nitrogen and oxygen atoms in total. The Kier molecular flexibility index (Phi) is 5.59. The monoisotopic (exact) mass is 299 g/mol. The smallest absolute Gasteiger partial charge is 0.158 e. The predicted octanol–water partition coefficient (Wildman–Crippen LogP) is 2.56. The molecular weight excluding hydrogens is 274 g/mol. The summed E-state index contributed by atoms with van der Waals surface area (Å²) in [6, 6.07) is 7.98. The van der Waals surface area contributed by atoms with Gasteiger partial charge in [-0.05, 0) is 52.4 Å². The standard InChI is InChI=1S/C15H25NO3S/c1-12(16-5)13-6-8-14(9-7-13)19-10-11-20(17,18)15(2,3)4/h6-9,12,16H,10-11H2,1-5H3. The Bertz CT molecular complexity index is 515. The van der Waals surface area contributed by atoms with E-state index in [0.717, 1.165) is 0 Å². The molecule has 0 saturated carbocycles. The molecule has 0 spiro atoms. The summed E-state index contributed by atoms with van der Waals surface area (Å²) in [6.45, 7) is 7.37. The zero-order valence-corrected chi connectivity index (χ0v) is 13.8. The van der Waals surface area contributed by atoms with Gasteiger partial charge in [-0.3, -0.25) is 0 Å². The van der Waals surface area contributed by atoms with E-state index >= 15 is 0 Å². The summed E-state index contributed by atoms with van der Waals surface area (Å²) in [5.74, 6) is 0.728. The van der Waals surface area contributed by atoms with Gasteiger partial charge >= 0.3 is 0 Å². The molecule has 0 fully saturated rings. The Morgan fingerprint density at radius 3 is 2.20 bits per heavy atom. The molecule has 1 unspecified atom stereocenters. The van der Waals surface area contributed by atoms with Crippen molar-refractivity contribution in [2.45, 2.75) is 38.5 Å². The van der Waals surface area contributed by atoms with Gasteiger partial charge in [-0.25, -0.2) is 8.42 Å². The lowest BCUT2D eigenvalue weighted by Crippen LogP contribution is -2.32. The van der Waals surface area contributed by atoms with Crippen LogP contribution in [0.1, 0.15) is 39.3 Å². The van der Waals surface area contributed by atoms with Gasteiger partial charge in [0.15, 0.2) is 9.84 Å². The summed E-state index contributed by atoms with van der Waals surface area (Å²) in [7, 11) is -1.22. The summed E-state index contributed by atoms with van der Waals surface area (Å²) in [5.41, 5.74) is 1.17. The third-order valence-corrected chi connectivity index (χ3v) is 5.94. The molecule has 0 aromatic heterocycles. The van der Waals surface area contributed by atoms with Gasteiger partial charge in [-0.15, -0.1) is 0 Å². The lowest BCUT2D eigenvalue weighted by Gasteiger charge is -2.19. The van der Waals surface area contributed by atoms with E-state index in [2.05, 4.69) is 12.2 Å². The van der Waals surface area contributed by atoms with Crippen LogP contribution in [0.2, 0.25) is 0 Å². The van der Waals surface area contributed by atoms with Gasteiger partial charge in [0.1, 0.15) is 12.4 Å². The summed E-state index contributed by atoms with van der Waals surface area (Å²) in [5, 5.41) is 3.16. The molecule has 1 aromatic carbocycles. The molecule has 0 heterocycles. The third kappa shape index (κ3) is 4.49. The fraction of sp³-hybridized carbons (Fsp3) is 0.600. The van der Waals surface area contributed by atoms with Crippen LogP contribution in [-0.2, 0) is 9.84 Å². The molecule has 0 saturated heterocycles. The fourth-order valence-electron chi connectivity index (χ4n) is 1.59. The molecule has 0 radical (unpaired) electrons. The second kappa shape index (κ2) is 6.59. The number of hydrogen-bond acceptors (Lipinski definition) is 4. The van der Waals surface area contributed by atoms with Crippen molar-refractivity contribution in [1.29, 1.82) is 0 Å². The van der Waals surface area contributed by atoms with Crippen LogP contribution in [0.3, 0.4) is 0 Å². The molecule has 1 rings (SSSR count). The molecule has 0 bridgehead atoms. The molecule has 0 aliphatic rings. The lowest BCUT2D eigenvalue weighted by molar-refractivity contribution is 0.339. The number of sulfone groups is 1. The number of ether oxygens (including phenoxy) is 1. The van der Waals surface area contributed by atoms with Gasteiger partial charge in [0, 0.05) is 6.04 Å². The van der Waals surface area contributed by atoms with Crippen molar-refractivity contribution in [3.8, 4) is 5.75 Å². The Labute approximate surface area is 122 Å². The van der Waals surface area contributed by atoms with Crippen LogP contribution in [0.5, 0.6) is 5.75 Å². The highest BCUT2D eigenvalue weighted by molar-refractivity contribution is 7.92. The summed E-state index contributed by atoms with van der Waals surface area (Å²) in [4.78, 5) is 0. The van der Waals surface area contributed by atoms with Gasteiger partial charge < -0.3 is 10.1 Å². The summed E-state index contributed by atoms with van der Waals surface area (Å²) in [6.07, 6.45) is 0. The second-order valence-corrected chi connectivity index (χ2v) is 8.72.